The van der Waals surface area contributed by atoms with Crippen molar-refractivity contribution in [2.75, 3.05) is 6.54 Å². The lowest BCUT2D eigenvalue weighted by atomic mass is 9.96. The van der Waals surface area contributed by atoms with E-state index in [0.29, 0.717) is 5.95 Å². The van der Waals surface area contributed by atoms with Gasteiger partial charge in [0.05, 0.1) is 18.1 Å². The highest BCUT2D eigenvalue weighted by Crippen LogP contribution is 2.32. The number of imidazole rings is 1. The third kappa shape index (κ3) is 3.23. The first kappa shape index (κ1) is 16.9. The Kier molecular flexibility index (Phi) is 4.47. The van der Waals surface area contributed by atoms with Crippen molar-refractivity contribution in [1.82, 2.24) is 29.4 Å². The molecule has 28 heavy (non-hydrogen) atoms. The van der Waals surface area contributed by atoms with Gasteiger partial charge in [-0.1, -0.05) is 30.3 Å². The molecule has 1 aliphatic rings. The van der Waals surface area contributed by atoms with Crippen LogP contribution in [-0.2, 0) is 19.4 Å². The predicted molar refractivity (Wildman–Crippen MR) is 107 cm³/mol. The second-order valence-electron chi connectivity index (χ2n) is 7.11. The highest BCUT2D eigenvalue weighted by molar-refractivity contribution is 5.26. The summed E-state index contributed by atoms with van der Waals surface area (Å²) in [5.41, 5.74) is 4.95. The van der Waals surface area contributed by atoms with Crippen LogP contribution in [0, 0.1) is 0 Å². The molecule has 1 aliphatic heterocycles. The first-order chi connectivity index (χ1) is 13.9. The molecule has 1 aromatic carbocycles. The summed E-state index contributed by atoms with van der Waals surface area (Å²) >= 11 is 0. The Labute approximate surface area is 163 Å². The average molecular weight is 370 g/mol. The number of aromatic amines is 1. The van der Waals surface area contributed by atoms with E-state index in [1.807, 2.05) is 18.6 Å². The number of fused-ring (bicyclic) bond motifs is 1. The van der Waals surface area contributed by atoms with E-state index in [1.165, 1.54) is 22.6 Å². The Hall–Kier alpha value is -3.25. The highest BCUT2D eigenvalue weighted by Gasteiger charge is 2.30. The second-order valence-corrected chi connectivity index (χ2v) is 7.11. The van der Waals surface area contributed by atoms with Gasteiger partial charge in [0.2, 0.25) is 5.95 Å². The van der Waals surface area contributed by atoms with E-state index >= 15 is 0 Å². The summed E-state index contributed by atoms with van der Waals surface area (Å²) in [5.74, 6) is 0.708. The SMILES string of the molecule is c1ccc(C[C@@H]2c3nc[nH]c3CCN2Cc2cccn2-c2ncccn2)cc1. The lowest BCUT2D eigenvalue weighted by Gasteiger charge is -2.35. The van der Waals surface area contributed by atoms with Crippen molar-refractivity contribution in [3.8, 4) is 5.95 Å². The van der Waals surface area contributed by atoms with Crippen LogP contribution in [0.25, 0.3) is 5.95 Å². The summed E-state index contributed by atoms with van der Waals surface area (Å²) < 4.78 is 2.07. The number of hydrogen-bond acceptors (Lipinski definition) is 4. The number of aromatic nitrogens is 5. The van der Waals surface area contributed by atoms with Crippen LogP contribution < -0.4 is 0 Å². The lowest BCUT2D eigenvalue weighted by molar-refractivity contribution is 0.167. The van der Waals surface area contributed by atoms with Gasteiger partial charge in [-0.05, 0) is 30.2 Å². The predicted octanol–water partition coefficient (Wildman–Crippen LogP) is 3.33. The fourth-order valence-electron chi connectivity index (χ4n) is 4.02. The molecule has 6 nitrogen and oxygen atoms in total. The van der Waals surface area contributed by atoms with Gasteiger partial charge in [-0.3, -0.25) is 9.47 Å². The third-order valence-corrected chi connectivity index (χ3v) is 5.39. The Morgan fingerprint density at radius 1 is 0.964 bits per heavy atom. The molecular weight excluding hydrogens is 348 g/mol. The maximum atomic E-state index is 4.67. The topological polar surface area (TPSA) is 62.6 Å². The van der Waals surface area contributed by atoms with E-state index in [9.17, 15) is 0 Å². The van der Waals surface area contributed by atoms with E-state index in [0.717, 1.165) is 25.9 Å². The Balaban J connectivity index is 1.45. The molecule has 0 saturated heterocycles. The molecule has 3 aromatic heterocycles. The zero-order valence-corrected chi connectivity index (χ0v) is 15.6. The number of H-pyrrole nitrogens is 1. The molecule has 4 aromatic rings. The number of nitrogens with one attached hydrogen (secondary N) is 1. The first-order valence-electron chi connectivity index (χ1n) is 9.62. The molecule has 1 atom stereocenters. The summed E-state index contributed by atoms with van der Waals surface area (Å²) in [6, 6.07) is 17.0. The van der Waals surface area contributed by atoms with Crippen LogP contribution in [0.15, 0.2) is 73.4 Å². The van der Waals surface area contributed by atoms with Crippen LogP contribution in [-0.4, -0.2) is 35.9 Å². The summed E-state index contributed by atoms with van der Waals surface area (Å²) in [6.07, 6.45) is 9.35. The molecule has 0 unspecified atom stereocenters. The van der Waals surface area contributed by atoms with Crippen LogP contribution in [0.1, 0.15) is 28.7 Å². The van der Waals surface area contributed by atoms with E-state index in [2.05, 4.69) is 71.9 Å². The Morgan fingerprint density at radius 3 is 2.68 bits per heavy atom. The lowest BCUT2D eigenvalue weighted by Crippen LogP contribution is -2.36. The van der Waals surface area contributed by atoms with Gasteiger partial charge in [-0.2, -0.15) is 0 Å². The van der Waals surface area contributed by atoms with Crippen molar-refractivity contribution in [3.05, 3.63) is 96.1 Å². The zero-order valence-electron chi connectivity index (χ0n) is 15.6. The molecule has 0 saturated carbocycles. The number of hydrogen-bond donors (Lipinski definition) is 1. The largest absolute Gasteiger partial charge is 0.348 e. The van der Waals surface area contributed by atoms with Gasteiger partial charge < -0.3 is 4.98 Å². The van der Waals surface area contributed by atoms with Gasteiger partial charge in [-0.15, -0.1) is 0 Å². The third-order valence-electron chi connectivity index (χ3n) is 5.39. The molecule has 0 aliphatic carbocycles. The molecule has 1 N–H and O–H groups in total. The number of benzene rings is 1. The molecular formula is C22H22N6. The second kappa shape index (κ2) is 7.40. The fraction of sp³-hybridized carbons (Fsp3) is 0.227. The van der Waals surface area contributed by atoms with Crippen LogP contribution in [0.2, 0.25) is 0 Å². The molecule has 5 rings (SSSR count). The average Bonchev–Trinajstić information content (AvgIpc) is 3.41. The summed E-state index contributed by atoms with van der Waals surface area (Å²) in [7, 11) is 0. The normalized spacial score (nSPS) is 16.8. The van der Waals surface area contributed by atoms with E-state index in [-0.39, 0.29) is 6.04 Å². The van der Waals surface area contributed by atoms with Gasteiger partial charge in [-0.25, -0.2) is 15.0 Å². The van der Waals surface area contributed by atoms with Crippen molar-refractivity contribution in [2.45, 2.75) is 25.4 Å². The van der Waals surface area contributed by atoms with E-state index in [1.54, 1.807) is 12.4 Å². The zero-order chi connectivity index (χ0) is 18.8. The standard InChI is InChI=1S/C22H22N6/c1-2-6-17(7-3-1)14-20-21-19(25-16-26-21)9-13-27(20)15-18-8-4-12-28(18)22-23-10-5-11-24-22/h1-8,10-12,16,20H,9,13-15H2,(H,25,26)/t20-/m1/s1. The molecule has 4 heterocycles. The van der Waals surface area contributed by atoms with Crippen LogP contribution in [0.3, 0.4) is 0 Å². The minimum absolute atomic E-state index is 0.248. The molecule has 0 spiro atoms. The van der Waals surface area contributed by atoms with E-state index in [4.69, 9.17) is 0 Å². The monoisotopic (exact) mass is 370 g/mol. The Morgan fingerprint density at radius 2 is 1.82 bits per heavy atom. The quantitative estimate of drug-likeness (QED) is 0.585. The smallest absolute Gasteiger partial charge is 0.233 e. The first-order valence-corrected chi connectivity index (χ1v) is 9.62. The van der Waals surface area contributed by atoms with Crippen molar-refractivity contribution >= 4 is 0 Å². The molecule has 140 valence electrons. The van der Waals surface area contributed by atoms with Gasteiger partial charge in [0, 0.05) is 49.5 Å². The van der Waals surface area contributed by atoms with Gasteiger partial charge in [0.1, 0.15) is 0 Å². The van der Waals surface area contributed by atoms with Gasteiger partial charge in [0.25, 0.3) is 0 Å². The number of rotatable bonds is 5. The maximum Gasteiger partial charge on any atom is 0.233 e. The molecule has 0 radical (unpaired) electrons. The van der Waals surface area contributed by atoms with Crippen molar-refractivity contribution < 1.29 is 0 Å². The molecule has 0 amide bonds. The summed E-state index contributed by atoms with van der Waals surface area (Å²) in [6.45, 7) is 1.82. The van der Waals surface area contributed by atoms with Crippen molar-refractivity contribution in [3.63, 3.8) is 0 Å². The molecule has 6 heteroatoms. The van der Waals surface area contributed by atoms with Crippen LogP contribution >= 0.6 is 0 Å². The fourth-order valence-corrected chi connectivity index (χ4v) is 4.02. The molecule has 0 bridgehead atoms. The van der Waals surface area contributed by atoms with Crippen molar-refractivity contribution in [1.29, 1.82) is 0 Å². The maximum absolute atomic E-state index is 4.67. The Bertz CT molecular complexity index is 1040. The highest BCUT2D eigenvalue weighted by atomic mass is 15.2. The van der Waals surface area contributed by atoms with Gasteiger partial charge in [0.15, 0.2) is 0 Å². The molecule has 0 fully saturated rings. The summed E-state index contributed by atoms with van der Waals surface area (Å²) in [5, 5.41) is 0. The van der Waals surface area contributed by atoms with Crippen molar-refractivity contribution in [2.24, 2.45) is 0 Å². The number of nitrogens with zero attached hydrogens (tertiary/aromatic N) is 5. The minimum atomic E-state index is 0.248. The minimum Gasteiger partial charge on any atom is -0.348 e. The summed E-state index contributed by atoms with van der Waals surface area (Å²) in [4.78, 5) is 19.3. The van der Waals surface area contributed by atoms with E-state index < -0.39 is 0 Å². The van der Waals surface area contributed by atoms with Crippen LogP contribution in [0.4, 0.5) is 0 Å². The van der Waals surface area contributed by atoms with Crippen LogP contribution in [0.5, 0.6) is 0 Å². The van der Waals surface area contributed by atoms with Gasteiger partial charge >= 0.3 is 0 Å².